The van der Waals surface area contributed by atoms with Crippen molar-refractivity contribution in [3.63, 3.8) is 0 Å². The van der Waals surface area contributed by atoms with Crippen LogP contribution in [0.3, 0.4) is 0 Å². The summed E-state index contributed by atoms with van der Waals surface area (Å²) in [5.41, 5.74) is 11.6. The van der Waals surface area contributed by atoms with Crippen LogP contribution in [-0.2, 0) is 0 Å². The lowest BCUT2D eigenvalue weighted by atomic mass is 10.1. The van der Waals surface area contributed by atoms with Crippen LogP contribution >= 0.6 is 23.5 Å². The lowest BCUT2D eigenvalue weighted by molar-refractivity contribution is 0.225. The topological polar surface area (TPSA) is 58.5 Å². The molecule has 4 N–H and O–H groups in total. The monoisotopic (exact) mass is 348 g/mol. The molecule has 0 atom stereocenters. The first-order valence-electron chi connectivity index (χ1n) is 8.59. The molecule has 2 fully saturated rings. The number of piperidine rings is 2. The highest BCUT2D eigenvalue weighted by molar-refractivity contribution is 7.98. The van der Waals surface area contributed by atoms with Crippen molar-refractivity contribution in [2.75, 3.05) is 63.3 Å². The van der Waals surface area contributed by atoms with E-state index in [0.29, 0.717) is 12.1 Å². The van der Waals surface area contributed by atoms with Crippen LogP contribution in [0.5, 0.6) is 0 Å². The molecule has 0 aromatic carbocycles. The Morgan fingerprint density at radius 2 is 1.05 bits per heavy atom. The number of nitrogens with two attached hydrogens (primary N) is 2. The summed E-state index contributed by atoms with van der Waals surface area (Å²) in [6, 6.07) is 0.945. The fraction of sp³-hybridized carbons (Fsp3) is 1.00. The van der Waals surface area contributed by atoms with E-state index in [0.717, 1.165) is 0 Å². The van der Waals surface area contributed by atoms with Crippen molar-refractivity contribution in [1.29, 1.82) is 0 Å². The minimum absolute atomic E-state index is 0.473. The maximum Gasteiger partial charge on any atom is 0.00723 e. The fourth-order valence-electron chi connectivity index (χ4n) is 2.79. The molecule has 0 aromatic heterocycles. The molecule has 0 bridgehead atoms. The maximum atomic E-state index is 5.79. The maximum absolute atomic E-state index is 5.79. The van der Waals surface area contributed by atoms with Gasteiger partial charge in [-0.15, -0.1) is 0 Å². The third-order valence-electron chi connectivity index (χ3n) is 4.49. The predicted molar refractivity (Wildman–Crippen MR) is 104 cm³/mol. The second-order valence-corrected chi connectivity index (χ2v) is 8.31. The SMILES string of the molecule is CSCCN1CCC(N)CC1.CSCCN1CCC(N)CC1. The van der Waals surface area contributed by atoms with E-state index in [1.807, 2.05) is 23.5 Å². The van der Waals surface area contributed by atoms with Crippen molar-refractivity contribution in [3.05, 3.63) is 0 Å². The summed E-state index contributed by atoms with van der Waals surface area (Å²) < 4.78 is 0. The van der Waals surface area contributed by atoms with E-state index >= 15 is 0 Å². The van der Waals surface area contributed by atoms with Crippen LogP contribution in [-0.4, -0.2) is 85.2 Å². The first-order chi connectivity index (χ1) is 10.7. The van der Waals surface area contributed by atoms with Gasteiger partial charge in [0.15, 0.2) is 0 Å². The molecular weight excluding hydrogens is 312 g/mol. The summed E-state index contributed by atoms with van der Waals surface area (Å²) in [7, 11) is 0. The lowest BCUT2D eigenvalue weighted by Gasteiger charge is -2.29. The minimum atomic E-state index is 0.473. The van der Waals surface area contributed by atoms with Gasteiger partial charge in [-0.25, -0.2) is 0 Å². The predicted octanol–water partition coefficient (Wildman–Crippen LogP) is 1.55. The Hall–Kier alpha value is 0.540. The van der Waals surface area contributed by atoms with Crippen molar-refractivity contribution in [3.8, 4) is 0 Å². The molecule has 0 aliphatic carbocycles. The van der Waals surface area contributed by atoms with Gasteiger partial charge in [-0.2, -0.15) is 23.5 Å². The lowest BCUT2D eigenvalue weighted by Crippen LogP contribution is -2.40. The average Bonchev–Trinajstić information content (AvgIpc) is 2.54. The van der Waals surface area contributed by atoms with Crippen molar-refractivity contribution < 1.29 is 0 Å². The highest BCUT2D eigenvalue weighted by Crippen LogP contribution is 2.09. The second-order valence-electron chi connectivity index (χ2n) is 6.34. The molecule has 2 rings (SSSR count). The second kappa shape index (κ2) is 12.9. The summed E-state index contributed by atoms with van der Waals surface area (Å²) in [5, 5.41) is 0. The number of likely N-dealkylation sites (tertiary alicyclic amines) is 2. The van der Waals surface area contributed by atoms with Gasteiger partial charge in [-0.3, -0.25) is 0 Å². The highest BCUT2D eigenvalue weighted by atomic mass is 32.2. The third-order valence-corrected chi connectivity index (χ3v) is 5.67. The van der Waals surface area contributed by atoms with Gasteiger partial charge in [0, 0.05) is 36.7 Å². The first kappa shape index (κ1) is 20.6. The molecule has 0 radical (unpaired) electrons. The number of rotatable bonds is 6. The number of thioether (sulfide) groups is 2. The summed E-state index contributed by atoms with van der Waals surface area (Å²) in [4.78, 5) is 5.03. The molecule has 0 unspecified atom stereocenters. The van der Waals surface area contributed by atoms with Crippen LogP contribution in [0.4, 0.5) is 0 Å². The van der Waals surface area contributed by atoms with Crippen LogP contribution in [0.15, 0.2) is 0 Å². The molecule has 4 nitrogen and oxygen atoms in total. The van der Waals surface area contributed by atoms with Crippen molar-refractivity contribution in [1.82, 2.24) is 9.80 Å². The van der Waals surface area contributed by atoms with E-state index in [1.54, 1.807) is 0 Å². The van der Waals surface area contributed by atoms with Gasteiger partial charge in [0.2, 0.25) is 0 Å². The van der Waals surface area contributed by atoms with Gasteiger partial charge in [0.25, 0.3) is 0 Å². The molecule has 2 aliphatic heterocycles. The number of nitrogens with zero attached hydrogens (tertiary/aromatic N) is 2. The Labute approximate surface area is 146 Å². The van der Waals surface area contributed by atoms with Gasteiger partial charge in [-0.05, 0) is 64.4 Å². The van der Waals surface area contributed by atoms with E-state index in [9.17, 15) is 0 Å². The molecule has 0 saturated carbocycles. The first-order valence-corrected chi connectivity index (χ1v) is 11.4. The van der Waals surface area contributed by atoms with Crippen molar-refractivity contribution in [2.45, 2.75) is 37.8 Å². The molecule has 0 aromatic rings. The van der Waals surface area contributed by atoms with Gasteiger partial charge >= 0.3 is 0 Å². The standard InChI is InChI=1S/2C8H18N2S/c2*1-11-7-6-10-4-2-8(9)3-5-10/h2*8H,2-7,9H2,1H3. The molecule has 0 amide bonds. The largest absolute Gasteiger partial charge is 0.328 e. The van der Waals surface area contributed by atoms with Crippen LogP contribution in [0.25, 0.3) is 0 Å². The summed E-state index contributed by atoms with van der Waals surface area (Å²) >= 11 is 3.85. The van der Waals surface area contributed by atoms with E-state index < -0.39 is 0 Å². The highest BCUT2D eigenvalue weighted by Gasteiger charge is 2.15. The van der Waals surface area contributed by atoms with Gasteiger partial charge in [-0.1, -0.05) is 0 Å². The average molecular weight is 349 g/mol. The minimum Gasteiger partial charge on any atom is -0.328 e. The van der Waals surface area contributed by atoms with Crippen LogP contribution < -0.4 is 11.5 Å². The zero-order valence-electron chi connectivity index (χ0n) is 14.5. The Balaban J connectivity index is 0.000000220. The van der Waals surface area contributed by atoms with E-state index in [4.69, 9.17) is 11.5 Å². The van der Waals surface area contributed by atoms with E-state index in [-0.39, 0.29) is 0 Å². The Morgan fingerprint density at radius 1 is 0.727 bits per heavy atom. The zero-order valence-corrected chi connectivity index (χ0v) is 16.1. The Kier molecular flexibility index (Phi) is 12.1. The van der Waals surface area contributed by atoms with Gasteiger partial charge in [0.1, 0.15) is 0 Å². The molecule has 132 valence electrons. The molecule has 0 spiro atoms. The quantitative estimate of drug-likeness (QED) is 0.759. The van der Waals surface area contributed by atoms with Crippen LogP contribution in [0.2, 0.25) is 0 Å². The normalized spacial score (nSPS) is 22.4. The number of hydrogen-bond donors (Lipinski definition) is 2. The summed E-state index contributed by atoms with van der Waals surface area (Å²) in [6.45, 7) is 7.33. The van der Waals surface area contributed by atoms with Crippen LogP contribution in [0.1, 0.15) is 25.7 Å². The molecule has 22 heavy (non-hydrogen) atoms. The molecule has 2 aliphatic rings. The third kappa shape index (κ3) is 9.63. The van der Waals surface area contributed by atoms with Crippen molar-refractivity contribution in [2.24, 2.45) is 11.5 Å². The van der Waals surface area contributed by atoms with E-state index in [1.165, 1.54) is 76.5 Å². The fourth-order valence-corrected chi connectivity index (χ4v) is 3.68. The molecular formula is C16H36N4S2. The smallest absolute Gasteiger partial charge is 0.00723 e. The number of hydrogen-bond acceptors (Lipinski definition) is 6. The van der Waals surface area contributed by atoms with Gasteiger partial charge < -0.3 is 21.3 Å². The molecule has 2 heterocycles. The summed E-state index contributed by atoms with van der Waals surface area (Å²) in [5.74, 6) is 2.52. The molecule has 2 saturated heterocycles. The van der Waals surface area contributed by atoms with Crippen LogP contribution in [0, 0.1) is 0 Å². The Morgan fingerprint density at radius 3 is 1.32 bits per heavy atom. The summed E-state index contributed by atoms with van der Waals surface area (Å²) in [6.07, 6.45) is 9.08. The van der Waals surface area contributed by atoms with Crippen molar-refractivity contribution >= 4 is 23.5 Å². The van der Waals surface area contributed by atoms with Gasteiger partial charge in [0.05, 0.1) is 0 Å². The molecule has 6 heteroatoms. The Bertz CT molecular complexity index is 221. The van der Waals surface area contributed by atoms with E-state index in [2.05, 4.69) is 22.3 Å². The zero-order chi connectivity index (χ0) is 16.2.